The Balaban J connectivity index is 1.99. The van der Waals surface area contributed by atoms with Crippen LogP contribution < -0.4 is 5.43 Å². The van der Waals surface area contributed by atoms with Crippen molar-refractivity contribution in [1.82, 2.24) is 10.3 Å². The van der Waals surface area contributed by atoms with Crippen molar-refractivity contribution in [2.24, 2.45) is 11.0 Å². The van der Waals surface area contributed by atoms with Gasteiger partial charge < -0.3 is 14.7 Å². The van der Waals surface area contributed by atoms with Crippen molar-refractivity contribution in [3.63, 3.8) is 0 Å². The summed E-state index contributed by atoms with van der Waals surface area (Å²) in [5, 5.41) is 13.9. The highest BCUT2D eigenvalue weighted by atomic mass is 16.6. The zero-order valence-corrected chi connectivity index (χ0v) is 9.73. The van der Waals surface area contributed by atoms with Crippen molar-refractivity contribution >= 4 is 12.3 Å². The highest BCUT2D eigenvalue weighted by Gasteiger charge is 2.49. The summed E-state index contributed by atoms with van der Waals surface area (Å²) in [6.45, 7) is 6.08. The highest BCUT2D eigenvalue weighted by Crippen LogP contribution is 2.28. The standard InChI is InChI=1S/C10H17N3O3/c1-9(2,3)16-8(14)13-5-7-4-11-12-10(7,15)6-13/h4,7,12,15H,5-6H2,1-3H3/t7-,10-/m0/s1. The van der Waals surface area contributed by atoms with Crippen LogP contribution in [0.1, 0.15) is 20.8 Å². The first-order valence-corrected chi connectivity index (χ1v) is 5.31. The Morgan fingerprint density at radius 3 is 2.94 bits per heavy atom. The van der Waals surface area contributed by atoms with Gasteiger partial charge in [0.25, 0.3) is 0 Å². The van der Waals surface area contributed by atoms with Crippen LogP contribution in [0, 0.1) is 5.92 Å². The molecule has 0 unspecified atom stereocenters. The van der Waals surface area contributed by atoms with Gasteiger partial charge in [-0.25, -0.2) is 4.79 Å². The molecule has 1 amide bonds. The van der Waals surface area contributed by atoms with E-state index in [9.17, 15) is 9.90 Å². The number of hydrazone groups is 1. The fraction of sp³-hybridized carbons (Fsp3) is 0.800. The van der Waals surface area contributed by atoms with Crippen LogP contribution >= 0.6 is 0 Å². The number of nitrogens with zero attached hydrogens (tertiary/aromatic N) is 2. The minimum absolute atomic E-state index is 0.153. The molecule has 90 valence electrons. The van der Waals surface area contributed by atoms with Crippen LogP contribution in [-0.4, -0.2) is 46.7 Å². The van der Waals surface area contributed by atoms with E-state index in [4.69, 9.17) is 4.74 Å². The van der Waals surface area contributed by atoms with Crippen LogP contribution in [0.2, 0.25) is 0 Å². The summed E-state index contributed by atoms with van der Waals surface area (Å²) in [5.74, 6) is -0.153. The maximum absolute atomic E-state index is 11.8. The molecule has 0 radical (unpaired) electrons. The second kappa shape index (κ2) is 3.35. The van der Waals surface area contributed by atoms with Crippen LogP contribution in [0.5, 0.6) is 0 Å². The Bertz CT molecular complexity index is 337. The normalized spacial score (nSPS) is 32.5. The van der Waals surface area contributed by atoms with E-state index >= 15 is 0 Å². The molecule has 0 spiro atoms. The summed E-state index contributed by atoms with van der Waals surface area (Å²) in [6.07, 6.45) is 1.23. The zero-order valence-electron chi connectivity index (χ0n) is 9.73. The number of likely N-dealkylation sites (tertiary alicyclic amines) is 1. The second-order valence-electron chi connectivity index (χ2n) is 5.28. The second-order valence-corrected chi connectivity index (χ2v) is 5.28. The molecule has 6 heteroatoms. The minimum atomic E-state index is -1.11. The molecule has 2 aliphatic rings. The lowest BCUT2D eigenvalue weighted by molar-refractivity contribution is -0.00163. The Kier molecular flexibility index (Phi) is 2.34. The number of rotatable bonds is 0. The Labute approximate surface area is 94.3 Å². The van der Waals surface area contributed by atoms with Crippen LogP contribution in [0.3, 0.4) is 0 Å². The number of ether oxygens (including phenoxy) is 1. The van der Waals surface area contributed by atoms with Gasteiger partial charge in [0.15, 0.2) is 5.72 Å². The summed E-state index contributed by atoms with van der Waals surface area (Å²) >= 11 is 0. The summed E-state index contributed by atoms with van der Waals surface area (Å²) < 4.78 is 5.24. The van der Waals surface area contributed by atoms with E-state index in [0.717, 1.165) is 0 Å². The molecule has 1 saturated heterocycles. The molecule has 2 rings (SSSR count). The summed E-state index contributed by atoms with van der Waals surface area (Å²) in [7, 11) is 0. The number of β-amino-alcohol motifs (C(OH)–C–C–N with tert-alkyl or cyclic N) is 1. The number of nitrogens with one attached hydrogen (secondary N) is 1. The maximum Gasteiger partial charge on any atom is 0.410 e. The van der Waals surface area contributed by atoms with Gasteiger partial charge in [-0.15, -0.1) is 0 Å². The van der Waals surface area contributed by atoms with Crippen molar-refractivity contribution in [1.29, 1.82) is 0 Å². The third-order valence-electron chi connectivity index (χ3n) is 2.63. The van der Waals surface area contributed by atoms with Crippen LogP contribution in [0.4, 0.5) is 4.79 Å². The predicted molar refractivity (Wildman–Crippen MR) is 57.9 cm³/mol. The lowest BCUT2D eigenvalue weighted by atomic mass is 10.0. The van der Waals surface area contributed by atoms with Gasteiger partial charge in [-0.1, -0.05) is 0 Å². The number of hydrogen-bond donors (Lipinski definition) is 2. The average Bonchev–Trinajstić information content (AvgIpc) is 2.55. The highest BCUT2D eigenvalue weighted by molar-refractivity contribution is 5.72. The van der Waals surface area contributed by atoms with Gasteiger partial charge in [0.05, 0.1) is 12.5 Å². The number of amides is 1. The average molecular weight is 227 g/mol. The Morgan fingerprint density at radius 1 is 1.69 bits per heavy atom. The third kappa shape index (κ3) is 1.97. The van der Waals surface area contributed by atoms with Gasteiger partial charge in [0.1, 0.15) is 5.60 Å². The van der Waals surface area contributed by atoms with Crippen molar-refractivity contribution < 1.29 is 14.6 Å². The predicted octanol–water partition coefficient (Wildman–Crippen LogP) is 0.131. The number of hydrogen-bond acceptors (Lipinski definition) is 5. The van der Waals surface area contributed by atoms with E-state index in [1.54, 1.807) is 6.21 Å². The van der Waals surface area contributed by atoms with Gasteiger partial charge in [-0.3, -0.25) is 5.43 Å². The van der Waals surface area contributed by atoms with E-state index in [1.165, 1.54) is 4.90 Å². The molecule has 0 aromatic rings. The largest absolute Gasteiger partial charge is 0.444 e. The van der Waals surface area contributed by atoms with Gasteiger partial charge in [0.2, 0.25) is 0 Å². The van der Waals surface area contributed by atoms with Gasteiger partial charge in [0, 0.05) is 12.8 Å². The molecule has 0 aromatic heterocycles. The quantitative estimate of drug-likeness (QED) is 0.617. The zero-order chi connectivity index (χ0) is 12.0. The molecule has 2 heterocycles. The molecule has 1 fully saturated rings. The van der Waals surface area contributed by atoms with Crippen molar-refractivity contribution in [2.45, 2.75) is 32.1 Å². The fourth-order valence-corrected chi connectivity index (χ4v) is 1.85. The Morgan fingerprint density at radius 2 is 2.38 bits per heavy atom. The molecule has 2 atom stereocenters. The summed E-state index contributed by atoms with van der Waals surface area (Å²) in [5.41, 5.74) is 0.989. The van der Waals surface area contributed by atoms with Gasteiger partial charge in [-0.05, 0) is 20.8 Å². The molecule has 2 N–H and O–H groups in total. The summed E-state index contributed by atoms with van der Waals surface area (Å²) in [6, 6.07) is 0. The monoisotopic (exact) mass is 227 g/mol. The maximum atomic E-state index is 11.8. The van der Waals surface area contributed by atoms with E-state index < -0.39 is 17.4 Å². The van der Waals surface area contributed by atoms with Gasteiger partial charge in [-0.2, -0.15) is 5.10 Å². The SMILES string of the molecule is CC(C)(C)OC(=O)N1C[C@@H]2C=NN[C@]2(O)C1. The fourth-order valence-electron chi connectivity index (χ4n) is 1.85. The number of aliphatic hydroxyl groups is 1. The van der Waals surface area contributed by atoms with E-state index in [1.807, 2.05) is 20.8 Å². The van der Waals surface area contributed by atoms with Crippen molar-refractivity contribution in [3.8, 4) is 0 Å². The van der Waals surface area contributed by atoms with E-state index in [2.05, 4.69) is 10.5 Å². The minimum Gasteiger partial charge on any atom is -0.444 e. The molecule has 0 bridgehead atoms. The smallest absolute Gasteiger partial charge is 0.410 e. The van der Waals surface area contributed by atoms with Crippen molar-refractivity contribution in [2.75, 3.05) is 13.1 Å². The molecule has 0 aromatic carbocycles. The van der Waals surface area contributed by atoms with E-state index in [0.29, 0.717) is 6.54 Å². The number of fused-ring (bicyclic) bond motifs is 1. The van der Waals surface area contributed by atoms with Crippen LogP contribution in [0.25, 0.3) is 0 Å². The lowest BCUT2D eigenvalue weighted by Gasteiger charge is -2.25. The third-order valence-corrected chi connectivity index (χ3v) is 2.63. The lowest BCUT2D eigenvalue weighted by Crippen LogP contribution is -2.47. The molecule has 6 nitrogen and oxygen atoms in total. The molecule has 2 aliphatic heterocycles. The first kappa shape index (κ1) is 11.2. The molecule has 0 saturated carbocycles. The topological polar surface area (TPSA) is 74.2 Å². The number of carbonyl (C=O) groups is 1. The first-order chi connectivity index (χ1) is 7.30. The molecule has 16 heavy (non-hydrogen) atoms. The summed E-state index contributed by atoms with van der Waals surface area (Å²) in [4.78, 5) is 13.2. The van der Waals surface area contributed by atoms with Gasteiger partial charge >= 0.3 is 6.09 Å². The molecular weight excluding hydrogens is 210 g/mol. The number of carbonyl (C=O) groups excluding carboxylic acids is 1. The van der Waals surface area contributed by atoms with Crippen LogP contribution in [-0.2, 0) is 4.74 Å². The van der Waals surface area contributed by atoms with Crippen LogP contribution in [0.15, 0.2) is 5.10 Å². The molecule has 0 aliphatic carbocycles. The van der Waals surface area contributed by atoms with E-state index in [-0.39, 0.29) is 12.5 Å². The Hall–Kier alpha value is -1.30. The first-order valence-electron chi connectivity index (χ1n) is 5.31. The molecular formula is C10H17N3O3. The van der Waals surface area contributed by atoms with Crippen molar-refractivity contribution in [3.05, 3.63) is 0 Å².